The van der Waals surface area contributed by atoms with E-state index in [9.17, 15) is 4.79 Å². The molecule has 0 aliphatic carbocycles. The first-order valence-electron chi connectivity index (χ1n) is 6.61. The second-order valence-electron chi connectivity index (χ2n) is 4.66. The minimum absolute atomic E-state index is 0.0222. The number of nitrogens with zero attached hydrogens (tertiary/aromatic N) is 2. The highest BCUT2D eigenvalue weighted by atomic mass is 32.1. The molecule has 1 aliphatic rings. The van der Waals surface area contributed by atoms with Crippen LogP contribution in [0.4, 0.5) is 10.9 Å². The van der Waals surface area contributed by atoms with E-state index in [-0.39, 0.29) is 11.9 Å². The summed E-state index contributed by atoms with van der Waals surface area (Å²) in [6, 6.07) is 0.290. The summed E-state index contributed by atoms with van der Waals surface area (Å²) in [6.07, 6.45) is 1.97. The van der Waals surface area contributed by atoms with Crippen LogP contribution < -0.4 is 16.4 Å². The molecule has 0 atom stereocenters. The highest BCUT2D eigenvalue weighted by molar-refractivity contribution is 7.18. The zero-order chi connectivity index (χ0) is 13.8. The molecule has 0 unspecified atom stereocenters. The van der Waals surface area contributed by atoms with E-state index < -0.39 is 0 Å². The van der Waals surface area contributed by atoms with Crippen LogP contribution in [-0.4, -0.2) is 48.5 Å². The second kappa shape index (κ2) is 6.21. The van der Waals surface area contributed by atoms with E-state index in [1.165, 1.54) is 11.3 Å². The minimum Gasteiger partial charge on any atom is -0.382 e. The Morgan fingerprint density at radius 3 is 2.89 bits per heavy atom. The zero-order valence-electron chi connectivity index (χ0n) is 11.4. The van der Waals surface area contributed by atoms with Gasteiger partial charge >= 0.3 is 0 Å². The van der Waals surface area contributed by atoms with Crippen molar-refractivity contribution in [1.29, 1.82) is 0 Å². The lowest BCUT2D eigenvalue weighted by Crippen LogP contribution is -2.43. The first kappa shape index (κ1) is 14.1. The van der Waals surface area contributed by atoms with Crippen molar-refractivity contribution in [2.24, 2.45) is 0 Å². The van der Waals surface area contributed by atoms with Gasteiger partial charge in [0.1, 0.15) is 10.7 Å². The number of amides is 1. The molecule has 0 saturated carbocycles. The molecule has 1 amide bonds. The number of carbonyl (C=O) groups excluding carboxylic acids is 1. The number of thiazole rings is 1. The molecular formula is C12H21N5OS. The summed E-state index contributed by atoms with van der Waals surface area (Å²) < 4.78 is 0. The first-order chi connectivity index (χ1) is 9.13. The molecule has 2 heterocycles. The van der Waals surface area contributed by atoms with E-state index in [4.69, 9.17) is 5.73 Å². The molecule has 4 N–H and O–H groups in total. The molecule has 0 spiro atoms. The van der Waals surface area contributed by atoms with E-state index >= 15 is 0 Å². The maximum atomic E-state index is 12.5. The van der Waals surface area contributed by atoms with Gasteiger partial charge in [0.2, 0.25) is 0 Å². The van der Waals surface area contributed by atoms with E-state index in [1.54, 1.807) is 4.90 Å². The monoisotopic (exact) mass is 283 g/mol. The van der Waals surface area contributed by atoms with Crippen molar-refractivity contribution in [3.8, 4) is 0 Å². The molecule has 2 rings (SSSR count). The zero-order valence-corrected chi connectivity index (χ0v) is 12.2. The fourth-order valence-electron chi connectivity index (χ4n) is 2.23. The van der Waals surface area contributed by atoms with Crippen LogP contribution in [0.1, 0.15) is 29.4 Å². The molecule has 6 nitrogen and oxygen atoms in total. The first-order valence-corrected chi connectivity index (χ1v) is 7.43. The maximum absolute atomic E-state index is 12.5. The third-order valence-electron chi connectivity index (χ3n) is 3.35. The Morgan fingerprint density at radius 2 is 2.26 bits per heavy atom. The van der Waals surface area contributed by atoms with Gasteiger partial charge in [0.15, 0.2) is 5.13 Å². The number of aromatic nitrogens is 1. The molecule has 0 radical (unpaired) electrons. The number of rotatable bonds is 4. The fraction of sp³-hybridized carbons (Fsp3) is 0.667. The minimum atomic E-state index is -0.0222. The van der Waals surface area contributed by atoms with E-state index in [0.29, 0.717) is 15.8 Å². The van der Waals surface area contributed by atoms with Crippen LogP contribution >= 0.6 is 11.3 Å². The summed E-state index contributed by atoms with van der Waals surface area (Å²) in [4.78, 5) is 19.0. The Hall–Kier alpha value is -1.34. The summed E-state index contributed by atoms with van der Waals surface area (Å²) in [5.74, 6) is 0.304. The van der Waals surface area contributed by atoms with Crippen LogP contribution in [0.5, 0.6) is 0 Å². The Balaban J connectivity index is 2.09. The van der Waals surface area contributed by atoms with Crippen LogP contribution in [0.2, 0.25) is 0 Å². The number of piperidine rings is 1. The molecule has 0 aromatic carbocycles. The van der Waals surface area contributed by atoms with Crippen LogP contribution in [0.15, 0.2) is 0 Å². The van der Waals surface area contributed by atoms with Crippen molar-refractivity contribution in [3.63, 3.8) is 0 Å². The standard InChI is InChI=1S/C12H21N5OS/c1-3-15-12-16-10(13)9(19-12)11(18)17(2)8-4-6-14-7-5-8/h8,14H,3-7,13H2,1-2H3,(H,15,16). The quantitative estimate of drug-likeness (QED) is 0.767. The SMILES string of the molecule is CCNc1nc(N)c(C(=O)N(C)C2CCNCC2)s1. The number of hydrogen-bond donors (Lipinski definition) is 3. The Labute approximate surface area is 117 Å². The lowest BCUT2D eigenvalue weighted by molar-refractivity contribution is 0.0709. The molecule has 7 heteroatoms. The largest absolute Gasteiger partial charge is 0.382 e. The topological polar surface area (TPSA) is 83.3 Å². The van der Waals surface area contributed by atoms with Gasteiger partial charge in [-0.3, -0.25) is 4.79 Å². The van der Waals surface area contributed by atoms with Crippen molar-refractivity contribution in [2.75, 3.05) is 37.7 Å². The number of hydrogen-bond acceptors (Lipinski definition) is 6. The second-order valence-corrected chi connectivity index (χ2v) is 5.66. The Morgan fingerprint density at radius 1 is 1.58 bits per heavy atom. The molecule has 1 fully saturated rings. The van der Waals surface area contributed by atoms with Gasteiger partial charge < -0.3 is 21.3 Å². The van der Waals surface area contributed by atoms with Gasteiger partial charge in [0.25, 0.3) is 5.91 Å². The van der Waals surface area contributed by atoms with Gasteiger partial charge in [-0.2, -0.15) is 0 Å². The molecule has 19 heavy (non-hydrogen) atoms. The summed E-state index contributed by atoms with van der Waals surface area (Å²) in [5.41, 5.74) is 5.84. The summed E-state index contributed by atoms with van der Waals surface area (Å²) in [7, 11) is 1.85. The van der Waals surface area contributed by atoms with E-state index in [0.717, 1.165) is 32.5 Å². The van der Waals surface area contributed by atoms with E-state index in [2.05, 4.69) is 15.6 Å². The third kappa shape index (κ3) is 3.16. The summed E-state index contributed by atoms with van der Waals surface area (Å²) in [5, 5.41) is 7.10. The van der Waals surface area contributed by atoms with Crippen molar-refractivity contribution in [1.82, 2.24) is 15.2 Å². The number of anilines is 2. The van der Waals surface area contributed by atoms with Crippen molar-refractivity contribution >= 4 is 28.2 Å². The van der Waals surface area contributed by atoms with Crippen molar-refractivity contribution in [3.05, 3.63) is 4.88 Å². The van der Waals surface area contributed by atoms with Crippen molar-refractivity contribution < 1.29 is 4.79 Å². The number of nitrogens with two attached hydrogens (primary N) is 1. The average molecular weight is 283 g/mol. The smallest absolute Gasteiger partial charge is 0.267 e. The highest BCUT2D eigenvalue weighted by Crippen LogP contribution is 2.27. The molecule has 106 valence electrons. The molecule has 1 saturated heterocycles. The molecule has 1 aromatic heterocycles. The van der Waals surface area contributed by atoms with Gasteiger partial charge in [-0.05, 0) is 32.9 Å². The van der Waals surface area contributed by atoms with Crippen LogP contribution in [0.3, 0.4) is 0 Å². The summed E-state index contributed by atoms with van der Waals surface area (Å²) in [6.45, 7) is 4.68. The number of nitrogen functional groups attached to an aromatic ring is 1. The number of nitrogens with one attached hydrogen (secondary N) is 2. The van der Waals surface area contributed by atoms with Gasteiger partial charge in [-0.15, -0.1) is 0 Å². The van der Waals surface area contributed by atoms with Gasteiger partial charge in [0.05, 0.1) is 0 Å². The van der Waals surface area contributed by atoms with Gasteiger partial charge in [-0.1, -0.05) is 11.3 Å². The Kier molecular flexibility index (Phi) is 4.60. The van der Waals surface area contributed by atoms with Crippen LogP contribution in [0.25, 0.3) is 0 Å². The molecular weight excluding hydrogens is 262 g/mol. The van der Waals surface area contributed by atoms with Gasteiger partial charge in [0, 0.05) is 19.6 Å². The lowest BCUT2D eigenvalue weighted by atomic mass is 10.1. The van der Waals surface area contributed by atoms with Crippen LogP contribution in [-0.2, 0) is 0 Å². The maximum Gasteiger partial charge on any atom is 0.267 e. The Bertz CT molecular complexity index is 441. The number of carbonyl (C=O) groups is 1. The normalized spacial score (nSPS) is 16.3. The molecule has 1 aliphatic heterocycles. The van der Waals surface area contributed by atoms with Crippen molar-refractivity contribution in [2.45, 2.75) is 25.8 Å². The summed E-state index contributed by atoms with van der Waals surface area (Å²) >= 11 is 1.33. The van der Waals surface area contributed by atoms with Gasteiger partial charge in [-0.25, -0.2) is 4.98 Å². The third-order valence-corrected chi connectivity index (χ3v) is 4.37. The lowest BCUT2D eigenvalue weighted by Gasteiger charge is -2.31. The predicted octanol–water partition coefficient (Wildman–Crippen LogP) is 0.981. The molecule has 1 aromatic rings. The van der Waals surface area contributed by atoms with Crippen LogP contribution in [0, 0.1) is 0 Å². The average Bonchev–Trinajstić information content (AvgIpc) is 2.79. The van der Waals surface area contributed by atoms with E-state index in [1.807, 2.05) is 14.0 Å². The highest BCUT2D eigenvalue weighted by Gasteiger charge is 2.26. The fourth-order valence-corrected chi connectivity index (χ4v) is 3.17. The molecule has 0 bridgehead atoms. The predicted molar refractivity (Wildman–Crippen MR) is 78.7 cm³/mol.